The number of hydrogen-bond donors (Lipinski definition) is 0. The topological polar surface area (TPSA) is 124 Å². The van der Waals surface area contributed by atoms with Gasteiger partial charge in [0, 0.05) is 48.4 Å². The Labute approximate surface area is 242 Å². The van der Waals surface area contributed by atoms with Crippen LogP contribution >= 0.6 is 0 Å². The van der Waals surface area contributed by atoms with Gasteiger partial charge in [0.15, 0.2) is 5.78 Å². The Morgan fingerprint density at radius 2 is 1.88 bits per heavy atom. The summed E-state index contributed by atoms with van der Waals surface area (Å²) in [5.41, 5.74) is -2.32. The summed E-state index contributed by atoms with van der Waals surface area (Å²) >= 11 is 0. The van der Waals surface area contributed by atoms with Gasteiger partial charge in [0.05, 0.1) is 11.6 Å². The highest BCUT2D eigenvalue weighted by molar-refractivity contribution is 7.89. The number of carbonyl (C=O) groups excluding carboxylic acids is 1. The van der Waals surface area contributed by atoms with E-state index in [-0.39, 0.29) is 48.2 Å². The largest absolute Gasteiger partial charge is 0.443 e. The number of furan rings is 1. The predicted molar refractivity (Wildman–Crippen MR) is 146 cm³/mol. The maximum absolute atomic E-state index is 13.6. The van der Waals surface area contributed by atoms with E-state index < -0.39 is 61.8 Å². The van der Waals surface area contributed by atoms with Crippen LogP contribution in [0.3, 0.4) is 0 Å². The summed E-state index contributed by atoms with van der Waals surface area (Å²) in [6, 6.07) is 4.87. The zero-order chi connectivity index (χ0) is 31.3. The first-order valence-electron chi connectivity index (χ1n) is 13.3. The van der Waals surface area contributed by atoms with Crippen LogP contribution in [0.2, 0.25) is 0 Å². The first-order chi connectivity index (χ1) is 20.2. The lowest BCUT2D eigenvalue weighted by Crippen LogP contribution is -2.43. The molecule has 0 amide bonds. The molecule has 1 saturated heterocycles. The van der Waals surface area contributed by atoms with E-state index in [0.29, 0.717) is 12.6 Å². The van der Waals surface area contributed by atoms with Crippen molar-refractivity contribution in [1.82, 2.24) is 18.4 Å². The summed E-state index contributed by atoms with van der Waals surface area (Å²) in [7, 11) is -4.26. The molecule has 228 valence electrons. The Hall–Kier alpha value is -4.11. The summed E-state index contributed by atoms with van der Waals surface area (Å²) < 4.78 is 87.7. The molecule has 5 rings (SSSR count). The van der Waals surface area contributed by atoms with Gasteiger partial charge in [0.25, 0.3) is 15.6 Å². The maximum Gasteiger partial charge on any atom is 0.417 e. The molecule has 4 aromatic rings. The van der Waals surface area contributed by atoms with E-state index in [9.17, 15) is 40.4 Å². The van der Waals surface area contributed by atoms with Gasteiger partial charge in [-0.05, 0) is 63.4 Å². The van der Waals surface area contributed by atoms with E-state index in [4.69, 9.17) is 4.42 Å². The number of fused-ring (bicyclic) bond motifs is 1. The molecule has 0 aliphatic carbocycles. The van der Waals surface area contributed by atoms with E-state index in [1.54, 1.807) is 13.8 Å². The Balaban J connectivity index is 1.41. The number of carbonyl (C=O) groups is 1. The molecule has 43 heavy (non-hydrogen) atoms. The van der Waals surface area contributed by atoms with Crippen molar-refractivity contribution in [2.75, 3.05) is 6.54 Å². The number of rotatable bonds is 8. The average Bonchev–Trinajstić information content (AvgIpc) is 3.60. The zero-order valence-electron chi connectivity index (χ0n) is 23.0. The van der Waals surface area contributed by atoms with Gasteiger partial charge in [-0.25, -0.2) is 22.6 Å². The first kappa shape index (κ1) is 30.4. The van der Waals surface area contributed by atoms with Gasteiger partial charge >= 0.3 is 11.9 Å². The van der Waals surface area contributed by atoms with E-state index >= 15 is 0 Å². The van der Waals surface area contributed by atoms with Crippen molar-refractivity contribution in [3.8, 4) is 5.82 Å². The first-order valence-corrected chi connectivity index (χ1v) is 14.8. The highest BCUT2D eigenvalue weighted by Gasteiger charge is 2.40. The summed E-state index contributed by atoms with van der Waals surface area (Å²) in [5, 5.41) is -0.177. The third-order valence-corrected chi connectivity index (χ3v) is 9.03. The van der Waals surface area contributed by atoms with Gasteiger partial charge < -0.3 is 4.42 Å². The molecule has 0 unspecified atom stereocenters. The third-order valence-electron chi connectivity index (χ3n) is 7.26. The number of ketones is 1. The molecule has 10 nitrogen and oxygen atoms in total. The molecule has 1 aliphatic rings. The van der Waals surface area contributed by atoms with Crippen molar-refractivity contribution in [3.63, 3.8) is 0 Å². The number of nitrogens with zero attached hydrogens (tertiary/aromatic N) is 4. The minimum absolute atomic E-state index is 0.0232. The fourth-order valence-corrected chi connectivity index (χ4v) is 6.75. The fourth-order valence-electron chi connectivity index (χ4n) is 5.12. The summed E-state index contributed by atoms with van der Waals surface area (Å²) in [6.07, 6.45) is -2.71. The number of pyridine rings is 1. The second-order valence-corrected chi connectivity index (χ2v) is 12.3. The standard InChI is InChI=1S/C28H26F4N4O6S/c1-16(2)36-26(38)17(15-34(27(36)39)24-10-6-19(14-33-24)28(30,31)32)5-8-22(37)21-4-3-11-35(21)43(40,41)25-13-18-12-20(29)7-9-23(18)42-25/h6-7,9-10,12-16,21H,3-5,8,11H2,1-2H3/t21-/m0/s1. The van der Waals surface area contributed by atoms with Crippen molar-refractivity contribution >= 4 is 26.8 Å². The van der Waals surface area contributed by atoms with E-state index in [0.717, 1.165) is 43.9 Å². The number of aryl methyl sites for hydroxylation is 1. The van der Waals surface area contributed by atoms with Gasteiger partial charge in [-0.2, -0.15) is 17.5 Å². The number of hydrogen-bond acceptors (Lipinski definition) is 7. The van der Waals surface area contributed by atoms with Crippen LogP contribution in [-0.4, -0.2) is 45.2 Å². The summed E-state index contributed by atoms with van der Waals surface area (Å²) in [4.78, 5) is 43.3. The van der Waals surface area contributed by atoms with Crippen molar-refractivity contribution in [2.45, 2.75) is 62.9 Å². The van der Waals surface area contributed by atoms with Crippen molar-refractivity contribution < 1.29 is 35.2 Å². The molecule has 15 heteroatoms. The Kier molecular flexibility index (Phi) is 7.90. The molecule has 1 aromatic carbocycles. The lowest BCUT2D eigenvalue weighted by Gasteiger charge is -2.22. The highest BCUT2D eigenvalue weighted by Crippen LogP contribution is 2.31. The van der Waals surface area contributed by atoms with Crippen LogP contribution in [0.5, 0.6) is 0 Å². The Morgan fingerprint density at radius 1 is 1.14 bits per heavy atom. The van der Waals surface area contributed by atoms with Gasteiger partial charge in [0.2, 0.25) is 5.09 Å². The molecule has 0 saturated carbocycles. The molecule has 0 spiro atoms. The molecule has 0 bridgehead atoms. The number of halogens is 4. The smallest absolute Gasteiger partial charge is 0.417 e. The quantitative estimate of drug-likeness (QED) is 0.269. The number of aromatic nitrogens is 3. The summed E-state index contributed by atoms with van der Waals surface area (Å²) in [5.74, 6) is -1.19. The lowest BCUT2D eigenvalue weighted by atomic mass is 10.0. The van der Waals surface area contributed by atoms with Crippen LogP contribution < -0.4 is 11.2 Å². The Morgan fingerprint density at radius 3 is 2.53 bits per heavy atom. The van der Waals surface area contributed by atoms with Crippen molar-refractivity contribution in [1.29, 1.82) is 0 Å². The average molecular weight is 623 g/mol. The second kappa shape index (κ2) is 11.2. The molecule has 1 fully saturated rings. The minimum Gasteiger partial charge on any atom is -0.443 e. The predicted octanol–water partition coefficient (Wildman–Crippen LogP) is 4.23. The monoisotopic (exact) mass is 622 g/mol. The van der Waals surface area contributed by atoms with Gasteiger partial charge in [-0.3, -0.25) is 18.7 Å². The van der Waals surface area contributed by atoms with Crippen LogP contribution in [0.15, 0.2) is 67.9 Å². The third kappa shape index (κ3) is 5.78. The van der Waals surface area contributed by atoms with Crippen LogP contribution in [0.25, 0.3) is 16.8 Å². The lowest BCUT2D eigenvalue weighted by molar-refractivity contribution is -0.137. The van der Waals surface area contributed by atoms with Gasteiger partial charge in [-0.15, -0.1) is 0 Å². The Bertz CT molecular complexity index is 1930. The molecule has 1 atom stereocenters. The number of Topliss-reactive ketones (excluding diaryl/α,β-unsaturated/α-hetero) is 1. The second-order valence-electron chi connectivity index (χ2n) is 10.5. The SMILES string of the molecule is CC(C)n1c(=O)c(CCC(=O)[C@@H]2CCCN2S(=O)(=O)c2cc3cc(F)ccc3o2)cn(-c2ccc(C(F)(F)F)cn2)c1=O. The van der Waals surface area contributed by atoms with Crippen LogP contribution in [0, 0.1) is 5.82 Å². The van der Waals surface area contributed by atoms with Crippen molar-refractivity contribution in [3.05, 3.63) is 86.6 Å². The number of alkyl halides is 3. The molecular weight excluding hydrogens is 596 g/mol. The van der Waals surface area contributed by atoms with Gasteiger partial charge in [-0.1, -0.05) is 0 Å². The summed E-state index contributed by atoms with van der Waals surface area (Å²) in [6.45, 7) is 3.21. The van der Waals surface area contributed by atoms with E-state index in [1.807, 2.05) is 0 Å². The minimum atomic E-state index is -4.64. The fraction of sp³-hybridized carbons (Fsp3) is 0.357. The highest BCUT2D eigenvalue weighted by atomic mass is 32.2. The van der Waals surface area contributed by atoms with Gasteiger partial charge in [0.1, 0.15) is 17.2 Å². The number of sulfonamides is 1. The van der Waals surface area contributed by atoms with E-state index in [2.05, 4.69) is 4.98 Å². The van der Waals surface area contributed by atoms with Crippen LogP contribution in [-0.2, 0) is 27.4 Å². The molecule has 0 N–H and O–H groups in total. The molecule has 1 aliphatic heterocycles. The number of benzene rings is 1. The molecular formula is C28H26F4N4O6S. The molecule has 0 radical (unpaired) electrons. The van der Waals surface area contributed by atoms with Crippen LogP contribution in [0.1, 0.15) is 50.3 Å². The van der Waals surface area contributed by atoms with Crippen LogP contribution in [0.4, 0.5) is 17.6 Å². The normalized spacial score (nSPS) is 16.4. The van der Waals surface area contributed by atoms with Crippen molar-refractivity contribution in [2.24, 2.45) is 0 Å². The maximum atomic E-state index is 13.6. The zero-order valence-corrected chi connectivity index (χ0v) is 23.8. The molecule has 3 aromatic heterocycles. The molecule has 4 heterocycles. The van der Waals surface area contributed by atoms with E-state index in [1.165, 1.54) is 12.1 Å².